The van der Waals surface area contributed by atoms with Gasteiger partial charge >= 0.3 is 0 Å². The van der Waals surface area contributed by atoms with E-state index in [9.17, 15) is 0 Å². The molecule has 1 aliphatic heterocycles. The van der Waals surface area contributed by atoms with Crippen molar-refractivity contribution in [1.82, 2.24) is 19.9 Å². The molecule has 8 bridgehead atoms. The highest BCUT2D eigenvalue weighted by atomic mass is 15.1. The van der Waals surface area contributed by atoms with E-state index in [1.165, 1.54) is 0 Å². The second-order valence-corrected chi connectivity index (χ2v) is 10.4. The van der Waals surface area contributed by atoms with Gasteiger partial charge in [0.15, 0.2) is 0 Å². The van der Waals surface area contributed by atoms with E-state index in [4.69, 9.17) is 31.4 Å². The molecule has 8 aromatic rings. The van der Waals surface area contributed by atoms with Gasteiger partial charge in [0, 0.05) is 37.7 Å². The SMILES string of the molecule is Nc1ccc2c3[nH]c(c2c1N)N=c1[nH]c(c2ccccc12)=Nc1[nH]c(c2ccccc12)N=c1[nH]c(c2ccccc12)=N3. The van der Waals surface area contributed by atoms with E-state index in [1.54, 1.807) is 6.07 Å². The van der Waals surface area contributed by atoms with Crippen molar-refractivity contribution in [2.24, 2.45) is 20.0 Å². The first-order valence-corrected chi connectivity index (χ1v) is 13.5. The van der Waals surface area contributed by atoms with Gasteiger partial charge in [-0.1, -0.05) is 72.8 Å². The zero-order valence-corrected chi connectivity index (χ0v) is 22.0. The highest BCUT2D eigenvalue weighted by Gasteiger charge is 2.17. The highest BCUT2D eigenvalue weighted by molar-refractivity contribution is 6.10. The predicted octanol–water partition coefficient (Wildman–Crippen LogP) is 4.89. The van der Waals surface area contributed by atoms with Gasteiger partial charge in [0.1, 0.15) is 45.2 Å². The molecule has 0 unspecified atom stereocenters. The monoisotopic (exact) mass is 546 g/mol. The van der Waals surface area contributed by atoms with Gasteiger partial charge < -0.3 is 31.4 Å². The van der Waals surface area contributed by atoms with Crippen LogP contribution >= 0.6 is 0 Å². The Balaban J connectivity index is 1.52. The lowest BCUT2D eigenvalue weighted by atomic mass is 10.1. The van der Waals surface area contributed by atoms with Crippen molar-refractivity contribution in [2.45, 2.75) is 0 Å². The van der Waals surface area contributed by atoms with Gasteiger partial charge in [-0.15, -0.1) is 0 Å². The molecule has 1 aliphatic rings. The summed E-state index contributed by atoms with van der Waals surface area (Å²) in [5.74, 6) is 2.55. The topological polar surface area (TPSA) is 165 Å². The van der Waals surface area contributed by atoms with Gasteiger partial charge in [-0.05, 0) is 12.1 Å². The van der Waals surface area contributed by atoms with Gasteiger partial charge in [-0.3, -0.25) is 0 Å². The van der Waals surface area contributed by atoms with Crippen LogP contribution < -0.4 is 33.4 Å². The number of nitrogens with one attached hydrogen (secondary N) is 4. The molecule has 10 heteroatoms. The average Bonchev–Trinajstić information content (AvgIpc) is 3.74. The molecular formula is C32H22N10. The fourth-order valence-corrected chi connectivity index (χ4v) is 5.91. The van der Waals surface area contributed by atoms with Gasteiger partial charge in [0.2, 0.25) is 0 Å². The molecule has 0 saturated carbocycles. The molecule has 0 saturated heterocycles. The van der Waals surface area contributed by atoms with Crippen LogP contribution in [0.15, 0.2) is 105 Å². The first-order chi connectivity index (χ1) is 20.6. The number of H-pyrrole nitrogens is 4. The summed E-state index contributed by atoms with van der Waals surface area (Å²) in [5.41, 5.74) is 16.4. The van der Waals surface area contributed by atoms with Crippen LogP contribution in [0.4, 0.5) is 34.6 Å². The lowest BCUT2D eigenvalue weighted by molar-refractivity contribution is 1.08. The fourth-order valence-electron chi connectivity index (χ4n) is 5.91. The average molecular weight is 547 g/mol. The Labute approximate surface area is 235 Å². The second-order valence-electron chi connectivity index (χ2n) is 10.4. The van der Waals surface area contributed by atoms with Crippen LogP contribution in [-0.2, 0) is 0 Å². The molecule has 42 heavy (non-hydrogen) atoms. The predicted molar refractivity (Wildman–Crippen MR) is 165 cm³/mol. The van der Waals surface area contributed by atoms with Gasteiger partial charge in [0.25, 0.3) is 0 Å². The maximum Gasteiger partial charge on any atom is 0.144 e. The number of rotatable bonds is 0. The zero-order valence-electron chi connectivity index (χ0n) is 22.0. The first-order valence-electron chi connectivity index (χ1n) is 13.5. The maximum atomic E-state index is 6.54. The lowest BCUT2D eigenvalue weighted by Crippen LogP contribution is -2.10. The van der Waals surface area contributed by atoms with Crippen LogP contribution in [-0.4, -0.2) is 19.9 Å². The number of benzene rings is 4. The summed E-state index contributed by atoms with van der Waals surface area (Å²) in [6.07, 6.45) is 0. The van der Waals surface area contributed by atoms with Crippen LogP contribution in [0.3, 0.4) is 0 Å². The van der Waals surface area contributed by atoms with E-state index in [0.717, 1.165) is 37.7 Å². The Morgan fingerprint density at radius 2 is 0.762 bits per heavy atom. The molecule has 4 aromatic heterocycles. The van der Waals surface area contributed by atoms with Crippen LogP contribution in [0, 0.1) is 0 Å². The van der Waals surface area contributed by atoms with E-state index in [1.807, 2.05) is 78.9 Å². The minimum absolute atomic E-state index is 0.444. The number of nitrogens with two attached hydrogens (primary N) is 2. The van der Waals surface area contributed by atoms with Gasteiger partial charge in [-0.25, -0.2) is 20.0 Å². The Morgan fingerprint density at radius 1 is 0.381 bits per heavy atom. The van der Waals surface area contributed by atoms with E-state index < -0.39 is 0 Å². The van der Waals surface area contributed by atoms with Crippen molar-refractivity contribution in [1.29, 1.82) is 0 Å². The Kier molecular flexibility index (Phi) is 4.41. The van der Waals surface area contributed by atoms with Gasteiger partial charge in [0.05, 0.1) is 16.8 Å². The van der Waals surface area contributed by atoms with Crippen LogP contribution in [0.25, 0.3) is 43.1 Å². The van der Waals surface area contributed by atoms with Crippen molar-refractivity contribution in [2.75, 3.05) is 11.5 Å². The van der Waals surface area contributed by atoms with E-state index in [0.29, 0.717) is 62.0 Å². The molecule has 8 N–H and O–H groups in total. The first kappa shape index (κ1) is 22.6. The van der Waals surface area contributed by atoms with Gasteiger partial charge in [-0.2, -0.15) is 0 Å². The number of hydrogen-bond donors (Lipinski definition) is 6. The summed E-state index contributed by atoms with van der Waals surface area (Å²) >= 11 is 0. The molecule has 4 aromatic carbocycles. The zero-order chi connectivity index (χ0) is 27.9. The molecule has 10 nitrogen and oxygen atoms in total. The van der Waals surface area contributed by atoms with E-state index >= 15 is 0 Å². The number of nitrogen functional groups attached to an aromatic ring is 2. The maximum absolute atomic E-state index is 6.54. The largest absolute Gasteiger partial charge is 0.397 e. The summed E-state index contributed by atoms with van der Waals surface area (Å²) in [7, 11) is 0. The summed E-state index contributed by atoms with van der Waals surface area (Å²) in [6, 6.07) is 27.9. The van der Waals surface area contributed by atoms with Crippen LogP contribution in [0.2, 0.25) is 0 Å². The number of fused-ring (bicyclic) bond motifs is 20. The molecule has 5 heterocycles. The van der Waals surface area contributed by atoms with Crippen molar-refractivity contribution < 1.29 is 0 Å². The van der Waals surface area contributed by atoms with Crippen molar-refractivity contribution in [3.63, 3.8) is 0 Å². The standard InChI is InChI=1S/C32H22N10/c33-22-14-13-21-23(24(22)34)32-41-30-20-12-6-5-11-19(20)28(39-30)37-26-16-8-2-1-7-15(16)25(35-26)36-27-17-9-3-4-10-18(17)29(38-27)40-31(21)42-32/h1-14H,33-34H2,(H4,35,36,37,38,39,40,41,42). The van der Waals surface area contributed by atoms with E-state index in [-0.39, 0.29) is 0 Å². The van der Waals surface area contributed by atoms with Crippen molar-refractivity contribution in [3.8, 4) is 0 Å². The quantitative estimate of drug-likeness (QED) is 0.149. The summed E-state index contributed by atoms with van der Waals surface area (Å²) in [4.78, 5) is 34.0. The summed E-state index contributed by atoms with van der Waals surface area (Å²) in [6.45, 7) is 0. The number of aromatic amines is 4. The molecule has 0 radical (unpaired) electrons. The molecule has 0 spiro atoms. The molecule has 0 atom stereocenters. The fraction of sp³-hybridized carbons (Fsp3) is 0. The summed E-state index contributed by atoms with van der Waals surface area (Å²) < 4.78 is 0. The number of hydrogen-bond acceptors (Lipinski definition) is 6. The molecule has 9 rings (SSSR count). The number of anilines is 2. The lowest BCUT2D eigenvalue weighted by Gasteiger charge is -2.02. The Hall–Kier alpha value is -6.16. The Bertz CT molecular complexity index is 2660. The third-order valence-corrected chi connectivity index (χ3v) is 7.92. The molecular weight excluding hydrogens is 524 g/mol. The molecule has 0 fully saturated rings. The molecule has 200 valence electrons. The normalized spacial score (nSPS) is 12.8. The van der Waals surface area contributed by atoms with Crippen LogP contribution in [0.1, 0.15) is 0 Å². The summed E-state index contributed by atoms with van der Waals surface area (Å²) in [5, 5.41) is 7.17. The number of nitrogens with zero attached hydrogens (tertiary/aromatic N) is 4. The molecule has 0 amide bonds. The third kappa shape index (κ3) is 3.14. The smallest absolute Gasteiger partial charge is 0.144 e. The third-order valence-electron chi connectivity index (χ3n) is 7.92. The molecule has 0 aliphatic carbocycles. The highest BCUT2D eigenvalue weighted by Crippen LogP contribution is 2.40. The second kappa shape index (κ2) is 8.18. The minimum Gasteiger partial charge on any atom is -0.397 e. The van der Waals surface area contributed by atoms with Crippen LogP contribution in [0.5, 0.6) is 0 Å². The number of aromatic nitrogens is 4. The van der Waals surface area contributed by atoms with E-state index in [2.05, 4.69) is 19.9 Å². The Morgan fingerprint density at radius 3 is 1.24 bits per heavy atom. The van der Waals surface area contributed by atoms with Crippen molar-refractivity contribution >= 4 is 77.7 Å². The minimum atomic E-state index is 0.444. The van der Waals surface area contributed by atoms with Crippen molar-refractivity contribution in [3.05, 3.63) is 107 Å².